The van der Waals surface area contributed by atoms with E-state index in [4.69, 9.17) is 0 Å². The molecule has 20 heavy (non-hydrogen) atoms. The van der Waals surface area contributed by atoms with E-state index in [2.05, 4.69) is 29.5 Å². The van der Waals surface area contributed by atoms with Crippen molar-refractivity contribution in [2.75, 3.05) is 25.5 Å². The number of carbonyl (C=O) groups excluding carboxylic acids is 1. The Kier molecular flexibility index (Phi) is 4.65. The second-order valence-corrected chi connectivity index (χ2v) is 5.75. The van der Waals surface area contributed by atoms with Crippen LogP contribution in [-0.4, -0.2) is 43.0 Å². The molecular weight excluding hydrogens is 250 g/mol. The van der Waals surface area contributed by atoms with E-state index in [-0.39, 0.29) is 5.91 Å². The van der Waals surface area contributed by atoms with Crippen LogP contribution in [0.4, 0.5) is 5.69 Å². The van der Waals surface area contributed by atoms with E-state index in [1.54, 1.807) is 0 Å². The summed E-state index contributed by atoms with van der Waals surface area (Å²) in [6.45, 7) is 7.96. The van der Waals surface area contributed by atoms with Crippen LogP contribution in [0.1, 0.15) is 36.2 Å². The topological polar surface area (TPSA) is 44.4 Å². The van der Waals surface area contributed by atoms with E-state index in [9.17, 15) is 4.79 Å². The first-order chi connectivity index (χ1) is 9.51. The summed E-state index contributed by atoms with van der Waals surface area (Å²) >= 11 is 0. The van der Waals surface area contributed by atoms with Gasteiger partial charge in [0, 0.05) is 36.4 Å². The van der Waals surface area contributed by atoms with Crippen molar-refractivity contribution in [3.63, 3.8) is 0 Å². The predicted octanol–water partition coefficient (Wildman–Crippen LogP) is 2.25. The van der Waals surface area contributed by atoms with Gasteiger partial charge in [-0.1, -0.05) is 0 Å². The summed E-state index contributed by atoms with van der Waals surface area (Å²) in [4.78, 5) is 14.2. The first kappa shape index (κ1) is 14.9. The Hall–Kier alpha value is -1.55. The van der Waals surface area contributed by atoms with E-state index < -0.39 is 0 Å². The minimum absolute atomic E-state index is 0.00336. The maximum atomic E-state index is 11.8. The zero-order valence-corrected chi connectivity index (χ0v) is 12.9. The molecule has 1 aromatic carbocycles. The molecule has 0 bridgehead atoms. The van der Waals surface area contributed by atoms with Gasteiger partial charge in [0.15, 0.2) is 0 Å². The van der Waals surface area contributed by atoms with Gasteiger partial charge < -0.3 is 15.5 Å². The van der Waals surface area contributed by atoms with Crippen LogP contribution in [-0.2, 0) is 0 Å². The van der Waals surface area contributed by atoms with Gasteiger partial charge in [0.25, 0.3) is 5.91 Å². The number of carbonyl (C=O) groups is 1. The van der Waals surface area contributed by atoms with Gasteiger partial charge in [-0.15, -0.1) is 0 Å². The smallest absolute Gasteiger partial charge is 0.251 e. The molecule has 1 aliphatic heterocycles. The maximum absolute atomic E-state index is 11.8. The number of hydrogen-bond acceptors (Lipinski definition) is 3. The summed E-state index contributed by atoms with van der Waals surface area (Å²) in [6, 6.07) is 6.98. The highest BCUT2D eigenvalue weighted by molar-refractivity contribution is 5.94. The van der Waals surface area contributed by atoms with Crippen LogP contribution in [0.5, 0.6) is 0 Å². The molecule has 1 heterocycles. The van der Waals surface area contributed by atoms with Gasteiger partial charge in [0.1, 0.15) is 0 Å². The van der Waals surface area contributed by atoms with Gasteiger partial charge in [-0.2, -0.15) is 0 Å². The Morgan fingerprint density at radius 3 is 2.75 bits per heavy atom. The Morgan fingerprint density at radius 2 is 2.20 bits per heavy atom. The fourth-order valence-electron chi connectivity index (χ4n) is 2.75. The second kappa shape index (κ2) is 6.27. The van der Waals surface area contributed by atoms with Crippen LogP contribution < -0.4 is 10.6 Å². The molecule has 0 aliphatic carbocycles. The number of nitrogens with zero attached hydrogens (tertiary/aromatic N) is 1. The van der Waals surface area contributed by atoms with Crippen molar-refractivity contribution >= 4 is 11.6 Å². The molecule has 2 atom stereocenters. The van der Waals surface area contributed by atoms with Crippen LogP contribution in [0.2, 0.25) is 0 Å². The van der Waals surface area contributed by atoms with Gasteiger partial charge in [-0.3, -0.25) is 4.79 Å². The molecule has 0 aromatic heterocycles. The minimum atomic E-state index is -0.00336. The number of likely N-dealkylation sites (tertiary alicyclic amines) is 1. The van der Waals surface area contributed by atoms with Crippen molar-refractivity contribution in [3.8, 4) is 0 Å². The Labute approximate surface area is 121 Å². The molecule has 1 saturated heterocycles. The number of nitrogens with one attached hydrogen (secondary N) is 2. The number of amides is 1. The summed E-state index contributed by atoms with van der Waals surface area (Å²) < 4.78 is 0. The third kappa shape index (κ3) is 3.31. The largest absolute Gasteiger partial charge is 0.381 e. The number of benzene rings is 1. The molecule has 4 nitrogen and oxygen atoms in total. The van der Waals surface area contributed by atoms with Gasteiger partial charge in [-0.25, -0.2) is 0 Å². The van der Waals surface area contributed by atoms with Crippen LogP contribution >= 0.6 is 0 Å². The number of anilines is 1. The lowest BCUT2D eigenvalue weighted by molar-refractivity contribution is 0.0956. The minimum Gasteiger partial charge on any atom is -0.381 e. The van der Waals surface area contributed by atoms with E-state index in [0.717, 1.165) is 29.8 Å². The van der Waals surface area contributed by atoms with Crippen LogP contribution in [0.3, 0.4) is 0 Å². The van der Waals surface area contributed by atoms with E-state index in [1.165, 1.54) is 0 Å². The summed E-state index contributed by atoms with van der Waals surface area (Å²) in [5.74, 6) is -0.00336. The van der Waals surface area contributed by atoms with Crippen LogP contribution in [0, 0.1) is 6.92 Å². The zero-order chi connectivity index (χ0) is 14.7. The number of hydrogen-bond donors (Lipinski definition) is 2. The average molecular weight is 275 g/mol. The number of aryl methyl sites for hydroxylation is 1. The molecule has 1 fully saturated rings. The van der Waals surface area contributed by atoms with Gasteiger partial charge in [0.05, 0.1) is 0 Å². The monoisotopic (exact) mass is 275 g/mol. The summed E-state index contributed by atoms with van der Waals surface area (Å²) in [5.41, 5.74) is 2.98. The van der Waals surface area contributed by atoms with Crippen molar-refractivity contribution in [1.82, 2.24) is 10.2 Å². The molecule has 2 unspecified atom stereocenters. The first-order valence-corrected chi connectivity index (χ1v) is 7.37. The fraction of sp³-hybridized carbons (Fsp3) is 0.562. The van der Waals surface area contributed by atoms with E-state index >= 15 is 0 Å². The quantitative estimate of drug-likeness (QED) is 0.886. The third-order valence-corrected chi connectivity index (χ3v) is 4.07. The molecule has 1 aliphatic rings. The lowest BCUT2D eigenvalue weighted by Gasteiger charge is -2.17. The lowest BCUT2D eigenvalue weighted by atomic mass is 10.1. The fourth-order valence-corrected chi connectivity index (χ4v) is 2.75. The van der Waals surface area contributed by atoms with Crippen LogP contribution in [0.25, 0.3) is 0 Å². The molecule has 0 spiro atoms. The normalized spacial score (nSPS) is 22.8. The van der Waals surface area contributed by atoms with Crippen molar-refractivity contribution in [2.24, 2.45) is 0 Å². The highest BCUT2D eigenvalue weighted by atomic mass is 16.1. The summed E-state index contributed by atoms with van der Waals surface area (Å²) in [7, 11) is 2.16. The van der Waals surface area contributed by atoms with Crippen molar-refractivity contribution in [3.05, 3.63) is 29.3 Å². The molecule has 1 aromatic rings. The van der Waals surface area contributed by atoms with Crippen molar-refractivity contribution < 1.29 is 4.79 Å². The molecule has 0 saturated carbocycles. The predicted molar refractivity (Wildman–Crippen MR) is 83.3 cm³/mol. The van der Waals surface area contributed by atoms with Gasteiger partial charge in [0.2, 0.25) is 0 Å². The van der Waals surface area contributed by atoms with Crippen molar-refractivity contribution in [1.29, 1.82) is 0 Å². The molecule has 4 heteroatoms. The van der Waals surface area contributed by atoms with E-state index in [0.29, 0.717) is 18.6 Å². The number of likely N-dealkylation sites (N-methyl/N-ethyl adjacent to an activating group) is 1. The molecule has 0 radical (unpaired) electrons. The lowest BCUT2D eigenvalue weighted by Crippen LogP contribution is -2.25. The first-order valence-electron chi connectivity index (χ1n) is 7.37. The Balaban J connectivity index is 2.05. The molecular formula is C16H25N3O. The molecule has 2 rings (SSSR count). The van der Waals surface area contributed by atoms with Crippen molar-refractivity contribution in [2.45, 2.75) is 39.3 Å². The third-order valence-electron chi connectivity index (χ3n) is 4.07. The standard InChI is InChI=1S/C16H25N3O/c1-5-17-16(20)13-6-7-15(11(2)8-13)18-14-9-12(3)19(4)10-14/h6-8,12,14,18H,5,9-10H2,1-4H3,(H,17,20). The van der Waals surface area contributed by atoms with Gasteiger partial charge in [-0.05, 0) is 58.0 Å². The molecule has 110 valence electrons. The van der Waals surface area contributed by atoms with Gasteiger partial charge >= 0.3 is 0 Å². The maximum Gasteiger partial charge on any atom is 0.251 e. The Bertz CT molecular complexity index is 477. The molecule has 2 N–H and O–H groups in total. The van der Waals surface area contributed by atoms with Crippen LogP contribution in [0.15, 0.2) is 18.2 Å². The highest BCUT2D eigenvalue weighted by Gasteiger charge is 2.26. The Morgan fingerprint density at radius 1 is 1.45 bits per heavy atom. The van der Waals surface area contributed by atoms with E-state index in [1.807, 2.05) is 32.0 Å². The SMILES string of the molecule is CCNC(=O)c1ccc(NC2CC(C)N(C)C2)c(C)c1. The summed E-state index contributed by atoms with van der Waals surface area (Å²) in [5, 5.41) is 6.42. The summed E-state index contributed by atoms with van der Waals surface area (Å²) in [6.07, 6.45) is 1.16. The zero-order valence-electron chi connectivity index (χ0n) is 12.9. The number of rotatable bonds is 4. The second-order valence-electron chi connectivity index (χ2n) is 5.75. The molecule has 1 amide bonds. The average Bonchev–Trinajstić information content (AvgIpc) is 2.71. The highest BCUT2D eigenvalue weighted by Crippen LogP contribution is 2.22.